The maximum atomic E-state index is 14.5. The van der Waals surface area contributed by atoms with Gasteiger partial charge >= 0.3 is 0 Å². The fourth-order valence-electron chi connectivity index (χ4n) is 7.80. The minimum Gasteiger partial charge on any atom is -0.495 e. The molecule has 4 aliphatic carbocycles. The molecule has 2 nitrogen and oxygen atoms in total. The van der Waals surface area contributed by atoms with Crippen LogP contribution in [0.2, 0.25) is 5.02 Å². The summed E-state index contributed by atoms with van der Waals surface area (Å²) in [6.07, 6.45) is 11.9. The largest absolute Gasteiger partial charge is 0.495 e. The maximum absolute atomic E-state index is 14.5. The van der Waals surface area contributed by atoms with Gasteiger partial charge < -0.3 is 4.74 Å². The minimum atomic E-state index is -2.74. The van der Waals surface area contributed by atoms with Gasteiger partial charge in [-0.05, 0) is 78.7 Å². The quantitative estimate of drug-likeness (QED) is 0.224. The molecule has 210 valence electrons. The summed E-state index contributed by atoms with van der Waals surface area (Å²) in [5.74, 6) is -1.27. The third kappa shape index (κ3) is 4.66. The van der Waals surface area contributed by atoms with Gasteiger partial charge in [0.15, 0.2) is 5.78 Å². The van der Waals surface area contributed by atoms with E-state index in [1.54, 1.807) is 12.1 Å². The van der Waals surface area contributed by atoms with E-state index in [4.69, 9.17) is 16.3 Å². The third-order valence-electron chi connectivity index (χ3n) is 10.2. The zero-order valence-electron chi connectivity index (χ0n) is 23.1. The minimum absolute atomic E-state index is 0.0299. The van der Waals surface area contributed by atoms with Gasteiger partial charge in [0.1, 0.15) is 5.60 Å². The molecule has 0 aromatic heterocycles. The van der Waals surface area contributed by atoms with Crippen molar-refractivity contribution in [1.29, 1.82) is 0 Å². The Bertz CT molecular complexity index is 1360. The van der Waals surface area contributed by atoms with E-state index in [0.29, 0.717) is 35.3 Å². The molecule has 6 rings (SSSR count). The van der Waals surface area contributed by atoms with Gasteiger partial charge in [-0.25, -0.2) is 8.78 Å². The zero-order valence-corrected chi connectivity index (χ0v) is 23.8. The van der Waals surface area contributed by atoms with Crippen LogP contribution in [0.25, 0.3) is 5.57 Å². The van der Waals surface area contributed by atoms with E-state index in [1.807, 2.05) is 24.3 Å². The normalized spacial score (nSPS) is 27.9. The summed E-state index contributed by atoms with van der Waals surface area (Å²) in [6, 6.07) is 15.5. The molecule has 0 aliphatic heterocycles. The van der Waals surface area contributed by atoms with E-state index < -0.39 is 22.9 Å². The van der Waals surface area contributed by atoms with Crippen LogP contribution in [0.1, 0.15) is 85.7 Å². The molecule has 0 spiro atoms. The second kappa shape index (κ2) is 10.3. The van der Waals surface area contributed by atoms with Gasteiger partial charge in [0.2, 0.25) is 5.92 Å². The molecule has 0 heterocycles. The van der Waals surface area contributed by atoms with E-state index >= 15 is 0 Å². The van der Waals surface area contributed by atoms with E-state index in [0.717, 1.165) is 17.0 Å². The van der Waals surface area contributed by atoms with Crippen LogP contribution in [-0.4, -0.2) is 17.3 Å². The van der Waals surface area contributed by atoms with E-state index in [-0.39, 0.29) is 31.5 Å². The molecule has 3 saturated carbocycles. The fraction of sp³-hybridized carbons (Fsp3) is 0.457. The molecule has 0 saturated heterocycles. The lowest BCUT2D eigenvalue weighted by Gasteiger charge is -2.48. The molecule has 3 unspecified atom stereocenters. The lowest BCUT2D eigenvalue weighted by Crippen LogP contribution is -2.49. The highest BCUT2D eigenvalue weighted by Gasteiger charge is 2.64. The smallest absolute Gasteiger partial charge is 0.248 e. The van der Waals surface area contributed by atoms with Crippen LogP contribution < -0.4 is 0 Å². The first-order valence-corrected chi connectivity index (χ1v) is 15.1. The maximum Gasteiger partial charge on any atom is 0.248 e. The number of ether oxygens (including phenoxy) is 1. The summed E-state index contributed by atoms with van der Waals surface area (Å²) in [5, 5.41) is 0.415. The highest BCUT2D eigenvalue weighted by Crippen LogP contribution is 2.65. The van der Waals surface area contributed by atoms with Crippen molar-refractivity contribution < 1.29 is 18.3 Å². The number of rotatable bonds is 9. The summed E-state index contributed by atoms with van der Waals surface area (Å²) in [5.41, 5.74) is 1.99. The topological polar surface area (TPSA) is 26.3 Å². The van der Waals surface area contributed by atoms with Crippen molar-refractivity contribution in [2.45, 2.75) is 75.7 Å². The first-order chi connectivity index (χ1) is 19.2. The molecule has 4 aliphatic rings. The molecule has 0 radical (unpaired) electrons. The Morgan fingerprint density at radius 3 is 2.52 bits per heavy atom. The van der Waals surface area contributed by atoms with Gasteiger partial charge in [0.25, 0.3) is 0 Å². The highest BCUT2D eigenvalue weighted by molar-refractivity contribution is 6.34. The van der Waals surface area contributed by atoms with Crippen LogP contribution in [-0.2, 0) is 4.74 Å². The number of carbonyl (C=O) groups excluding carboxylic acids is 1. The molecule has 0 N–H and O–H groups in total. The Morgan fingerprint density at radius 2 is 1.85 bits per heavy atom. The predicted octanol–water partition coefficient (Wildman–Crippen LogP) is 9.81. The van der Waals surface area contributed by atoms with Crippen molar-refractivity contribution in [2.24, 2.45) is 23.2 Å². The standard InChI is InChI=1S/C35H37ClF2O2/c1-3-23-20-26-13-12-25(22-29(23)26)24-8-7-9-27(21-24)31(34(40-4-2)16-18-35(37,38)19-17-34)33(14-15-33)32(39)28-10-5-6-11-30(28)36/h4-13,21-23,26,29,31H,2-3,14-20H2,1H3/t23?,26?,29-,31?/m0/s1. The summed E-state index contributed by atoms with van der Waals surface area (Å²) < 4.78 is 35.3. The van der Waals surface area contributed by atoms with Crippen LogP contribution in [0.5, 0.6) is 0 Å². The van der Waals surface area contributed by atoms with Gasteiger partial charge in [-0.2, -0.15) is 0 Å². The molecule has 2 aromatic carbocycles. The summed E-state index contributed by atoms with van der Waals surface area (Å²) >= 11 is 6.52. The number of halogens is 3. The highest BCUT2D eigenvalue weighted by atomic mass is 35.5. The number of hydrogen-bond donors (Lipinski definition) is 0. The molecule has 4 atom stereocenters. The van der Waals surface area contributed by atoms with Crippen LogP contribution >= 0.6 is 11.6 Å². The molecular weight excluding hydrogens is 526 g/mol. The average molecular weight is 563 g/mol. The Morgan fingerprint density at radius 1 is 1.10 bits per heavy atom. The van der Waals surface area contributed by atoms with Crippen LogP contribution in [0, 0.1) is 23.2 Å². The van der Waals surface area contributed by atoms with E-state index in [2.05, 4.69) is 43.9 Å². The van der Waals surface area contributed by atoms with Gasteiger partial charge in [-0.15, -0.1) is 0 Å². The number of Topliss-reactive ketones (excluding diaryl/α,β-unsaturated/α-hetero) is 1. The SMILES string of the molecule is C=COC1(C(c2cccc(C3=C[C@@H]4C(C=C3)CC4CC)c2)C2(C(=O)c3ccccc3Cl)CC2)CCC(F)(F)CC1. The summed E-state index contributed by atoms with van der Waals surface area (Å²) in [6.45, 7) is 6.09. The summed E-state index contributed by atoms with van der Waals surface area (Å²) in [4.78, 5) is 14.3. The van der Waals surface area contributed by atoms with E-state index in [9.17, 15) is 13.6 Å². The lowest BCUT2D eigenvalue weighted by molar-refractivity contribution is -0.124. The number of ketones is 1. The molecule has 40 heavy (non-hydrogen) atoms. The monoisotopic (exact) mass is 562 g/mol. The second-order valence-corrected chi connectivity index (χ2v) is 12.8. The fourth-order valence-corrected chi connectivity index (χ4v) is 8.03. The molecule has 0 amide bonds. The number of carbonyl (C=O) groups is 1. The zero-order chi connectivity index (χ0) is 28.1. The van der Waals surface area contributed by atoms with Gasteiger partial charge in [-0.3, -0.25) is 4.79 Å². The van der Waals surface area contributed by atoms with Crippen molar-refractivity contribution in [1.82, 2.24) is 0 Å². The van der Waals surface area contributed by atoms with Crippen molar-refractivity contribution in [2.75, 3.05) is 0 Å². The van der Waals surface area contributed by atoms with Crippen molar-refractivity contribution in [3.63, 3.8) is 0 Å². The molecule has 5 heteroatoms. The molecular formula is C35H37ClF2O2. The lowest BCUT2D eigenvalue weighted by atomic mass is 9.61. The first-order valence-electron chi connectivity index (χ1n) is 14.7. The molecule has 2 aromatic rings. The number of fused-ring (bicyclic) bond motifs is 1. The predicted molar refractivity (Wildman–Crippen MR) is 157 cm³/mol. The summed E-state index contributed by atoms with van der Waals surface area (Å²) in [7, 11) is 0. The Labute approximate surface area is 241 Å². The van der Waals surface area contributed by atoms with Gasteiger partial charge in [-0.1, -0.05) is 86.2 Å². The Hall–Kier alpha value is -2.72. The van der Waals surface area contributed by atoms with Crippen LogP contribution in [0.3, 0.4) is 0 Å². The van der Waals surface area contributed by atoms with Crippen molar-refractivity contribution in [3.05, 3.63) is 101 Å². The number of allylic oxidation sites excluding steroid dienone is 4. The van der Waals surface area contributed by atoms with Crippen LogP contribution in [0.4, 0.5) is 8.78 Å². The second-order valence-electron chi connectivity index (χ2n) is 12.4. The third-order valence-corrected chi connectivity index (χ3v) is 10.5. The van der Waals surface area contributed by atoms with Crippen LogP contribution in [0.15, 0.2) is 79.6 Å². The first kappa shape index (κ1) is 27.4. The van der Waals surface area contributed by atoms with E-state index in [1.165, 1.54) is 24.7 Å². The number of hydrogen-bond acceptors (Lipinski definition) is 2. The Kier molecular flexibility index (Phi) is 7.05. The van der Waals surface area contributed by atoms with Crippen molar-refractivity contribution in [3.8, 4) is 0 Å². The number of benzene rings is 2. The molecule has 0 bridgehead atoms. The Balaban J connectivity index is 1.45. The number of alkyl halides is 2. The van der Waals surface area contributed by atoms with Gasteiger partial charge in [0.05, 0.1) is 11.3 Å². The molecule has 3 fully saturated rings. The van der Waals surface area contributed by atoms with Crippen molar-refractivity contribution >= 4 is 23.0 Å². The van der Waals surface area contributed by atoms with Gasteiger partial charge in [0, 0.05) is 29.7 Å². The average Bonchev–Trinajstić information content (AvgIpc) is 3.73.